The molecule has 0 spiro atoms. The van der Waals surface area contributed by atoms with E-state index >= 15 is 0 Å². The van der Waals surface area contributed by atoms with Crippen LogP contribution in [0, 0.1) is 11.8 Å². The predicted octanol–water partition coefficient (Wildman–Crippen LogP) is 3.80. The van der Waals surface area contributed by atoms with E-state index in [9.17, 15) is 0 Å². The summed E-state index contributed by atoms with van der Waals surface area (Å²) in [4.78, 5) is 0. The first-order chi connectivity index (χ1) is 5.20. The standard InChI is InChI=1S/C8H14.C3H6/c1-7-3-5-8(2)6-4-7;1-3-2/h3,5,7-8H,4,6H2,1-2H3;3H,1H2,2H3. The van der Waals surface area contributed by atoms with Crippen molar-refractivity contribution in [3.63, 3.8) is 0 Å². The summed E-state index contributed by atoms with van der Waals surface area (Å²) in [5.74, 6) is 1.68. The van der Waals surface area contributed by atoms with E-state index in [1.165, 1.54) is 12.8 Å². The summed E-state index contributed by atoms with van der Waals surface area (Å²) in [5.41, 5.74) is 0. The zero-order chi connectivity index (χ0) is 8.69. The van der Waals surface area contributed by atoms with Crippen LogP contribution in [-0.2, 0) is 0 Å². The van der Waals surface area contributed by atoms with Crippen LogP contribution < -0.4 is 0 Å². The molecule has 0 aliphatic heterocycles. The van der Waals surface area contributed by atoms with Crippen molar-refractivity contribution in [3.05, 3.63) is 24.8 Å². The predicted molar refractivity (Wildman–Crippen MR) is 52.6 cm³/mol. The first-order valence-corrected chi connectivity index (χ1v) is 4.46. The molecule has 0 nitrogen and oxygen atoms in total. The van der Waals surface area contributed by atoms with Crippen LogP contribution in [-0.4, -0.2) is 0 Å². The fourth-order valence-electron chi connectivity index (χ4n) is 1.10. The summed E-state index contributed by atoms with van der Waals surface area (Å²) < 4.78 is 0. The molecule has 0 bridgehead atoms. The molecule has 1 rings (SSSR count). The molecular formula is C11H20. The lowest BCUT2D eigenvalue weighted by molar-refractivity contribution is 0.502. The largest absolute Gasteiger partial charge is 0.103 e. The highest BCUT2D eigenvalue weighted by atomic mass is 14.1. The van der Waals surface area contributed by atoms with Gasteiger partial charge >= 0.3 is 0 Å². The molecular weight excluding hydrogens is 132 g/mol. The van der Waals surface area contributed by atoms with Gasteiger partial charge in [0.1, 0.15) is 0 Å². The van der Waals surface area contributed by atoms with E-state index in [1.54, 1.807) is 6.08 Å². The van der Waals surface area contributed by atoms with Gasteiger partial charge < -0.3 is 0 Å². The SMILES string of the molecule is C=CC.CC1C=CC(C)CC1. The minimum absolute atomic E-state index is 0.839. The molecule has 0 saturated carbocycles. The van der Waals surface area contributed by atoms with Gasteiger partial charge in [-0.15, -0.1) is 6.58 Å². The Bertz CT molecular complexity index is 110. The Balaban J connectivity index is 0.000000292. The zero-order valence-electron chi connectivity index (χ0n) is 8.01. The molecule has 64 valence electrons. The Morgan fingerprint density at radius 1 is 1.18 bits per heavy atom. The third-order valence-corrected chi connectivity index (χ3v) is 1.85. The minimum Gasteiger partial charge on any atom is -0.103 e. The topological polar surface area (TPSA) is 0 Å². The van der Waals surface area contributed by atoms with Crippen molar-refractivity contribution in [2.45, 2.75) is 33.6 Å². The fraction of sp³-hybridized carbons (Fsp3) is 0.636. The highest BCUT2D eigenvalue weighted by molar-refractivity contribution is 4.94. The number of rotatable bonds is 0. The molecule has 0 radical (unpaired) electrons. The van der Waals surface area contributed by atoms with Gasteiger partial charge in [0, 0.05) is 0 Å². The van der Waals surface area contributed by atoms with Crippen LogP contribution >= 0.6 is 0 Å². The lowest BCUT2D eigenvalue weighted by Gasteiger charge is -2.15. The summed E-state index contributed by atoms with van der Waals surface area (Å²) in [6, 6.07) is 0. The summed E-state index contributed by atoms with van der Waals surface area (Å²) in [6.45, 7) is 9.81. The Labute approximate surface area is 71.0 Å². The second-order valence-electron chi connectivity index (χ2n) is 3.33. The van der Waals surface area contributed by atoms with Crippen molar-refractivity contribution in [2.75, 3.05) is 0 Å². The van der Waals surface area contributed by atoms with Crippen LogP contribution in [0.25, 0.3) is 0 Å². The van der Waals surface area contributed by atoms with Crippen LogP contribution in [0.1, 0.15) is 33.6 Å². The first kappa shape index (κ1) is 10.5. The summed E-state index contributed by atoms with van der Waals surface area (Å²) in [6.07, 6.45) is 9.18. The molecule has 0 amide bonds. The van der Waals surface area contributed by atoms with Gasteiger partial charge in [-0.05, 0) is 31.6 Å². The van der Waals surface area contributed by atoms with Gasteiger partial charge in [0.05, 0.1) is 0 Å². The third kappa shape index (κ3) is 5.90. The van der Waals surface area contributed by atoms with Crippen molar-refractivity contribution in [3.8, 4) is 0 Å². The molecule has 0 heterocycles. The molecule has 0 aromatic carbocycles. The van der Waals surface area contributed by atoms with Crippen molar-refractivity contribution < 1.29 is 0 Å². The summed E-state index contributed by atoms with van der Waals surface area (Å²) in [5, 5.41) is 0. The molecule has 1 aliphatic rings. The Hall–Kier alpha value is -0.520. The van der Waals surface area contributed by atoms with Crippen LogP contribution in [0.5, 0.6) is 0 Å². The van der Waals surface area contributed by atoms with Gasteiger partial charge in [-0.3, -0.25) is 0 Å². The maximum Gasteiger partial charge on any atom is -0.0262 e. The molecule has 2 atom stereocenters. The van der Waals surface area contributed by atoms with Crippen LogP contribution in [0.2, 0.25) is 0 Å². The second kappa shape index (κ2) is 6.21. The maximum atomic E-state index is 3.36. The van der Waals surface area contributed by atoms with E-state index in [1.807, 2.05) is 6.92 Å². The van der Waals surface area contributed by atoms with E-state index in [0.29, 0.717) is 0 Å². The van der Waals surface area contributed by atoms with Gasteiger partial charge in [0.25, 0.3) is 0 Å². The van der Waals surface area contributed by atoms with E-state index in [-0.39, 0.29) is 0 Å². The molecule has 1 aliphatic carbocycles. The van der Waals surface area contributed by atoms with E-state index in [4.69, 9.17) is 0 Å². The molecule has 0 fully saturated rings. The van der Waals surface area contributed by atoms with Gasteiger partial charge in [0.15, 0.2) is 0 Å². The zero-order valence-corrected chi connectivity index (χ0v) is 8.01. The van der Waals surface area contributed by atoms with Crippen molar-refractivity contribution in [2.24, 2.45) is 11.8 Å². The monoisotopic (exact) mass is 152 g/mol. The molecule has 0 aromatic rings. The minimum atomic E-state index is 0.839. The van der Waals surface area contributed by atoms with E-state index in [2.05, 4.69) is 32.6 Å². The lowest BCUT2D eigenvalue weighted by atomic mass is 9.91. The number of hydrogen-bond acceptors (Lipinski definition) is 0. The van der Waals surface area contributed by atoms with Gasteiger partial charge in [-0.2, -0.15) is 0 Å². The molecule has 11 heavy (non-hydrogen) atoms. The average molecular weight is 152 g/mol. The smallest absolute Gasteiger partial charge is 0.0262 e. The van der Waals surface area contributed by atoms with Crippen LogP contribution in [0.4, 0.5) is 0 Å². The van der Waals surface area contributed by atoms with Gasteiger partial charge in [0.2, 0.25) is 0 Å². The van der Waals surface area contributed by atoms with Crippen molar-refractivity contribution in [1.82, 2.24) is 0 Å². The molecule has 0 aromatic heterocycles. The summed E-state index contributed by atoms with van der Waals surface area (Å²) >= 11 is 0. The summed E-state index contributed by atoms with van der Waals surface area (Å²) in [7, 11) is 0. The van der Waals surface area contributed by atoms with Gasteiger partial charge in [-0.1, -0.05) is 32.1 Å². The van der Waals surface area contributed by atoms with Crippen molar-refractivity contribution >= 4 is 0 Å². The number of hydrogen-bond donors (Lipinski definition) is 0. The van der Waals surface area contributed by atoms with Crippen molar-refractivity contribution in [1.29, 1.82) is 0 Å². The molecule has 0 N–H and O–H groups in total. The highest BCUT2D eigenvalue weighted by Crippen LogP contribution is 2.20. The third-order valence-electron chi connectivity index (χ3n) is 1.85. The highest BCUT2D eigenvalue weighted by Gasteiger charge is 2.06. The Morgan fingerprint density at radius 2 is 1.45 bits per heavy atom. The molecule has 0 saturated heterocycles. The van der Waals surface area contributed by atoms with E-state index in [0.717, 1.165) is 11.8 Å². The quantitative estimate of drug-likeness (QED) is 0.463. The second-order valence-corrected chi connectivity index (χ2v) is 3.33. The normalized spacial score (nSPS) is 28.6. The Kier molecular flexibility index (Phi) is 5.91. The van der Waals surface area contributed by atoms with Gasteiger partial charge in [-0.25, -0.2) is 0 Å². The van der Waals surface area contributed by atoms with Crippen LogP contribution in [0.15, 0.2) is 24.8 Å². The maximum absolute atomic E-state index is 3.36. The molecule has 2 unspecified atom stereocenters. The lowest BCUT2D eigenvalue weighted by Crippen LogP contribution is -2.01. The average Bonchev–Trinajstić information content (AvgIpc) is 1.97. The molecule has 0 heteroatoms. The van der Waals surface area contributed by atoms with Crippen LogP contribution in [0.3, 0.4) is 0 Å². The Morgan fingerprint density at radius 3 is 1.64 bits per heavy atom. The fourth-order valence-corrected chi connectivity index (χ4v) is 1.10. The number of allylic oxidation sites excluding steroid dienone is 3. The van der Waals surface area contributed by atoms with E-state index < -0.39 is 0 Å². The first-order valence-electron chi connectivity index (χ1n) is 4.46.